The summed E-state index contributed by atoms with van der Waals surface area (Å²) >= 11 is 0. The van der Waals surface area contributed by atoms with Crippen LogP contribution in [0.2, 0.25) is 0 Å². The van der Waals surface area contributed by atoms with Gasteiger partial charge in [-0.05, 0) is 14.1 Å². The molecule has 0 radical (unpaired) electrons. The maximum atomic E-state index is 9.11. The predicted molar refractivity (Wildman–Crippen MR) is 71.8 cm³/mol. The molecular weight excluding hydrogens is 242 g/mol. The minimum atomic E-state index is 0.382. The van der Waals surface area contributed by atoms with E-state index in [0.29, 0.717) is 24.0 Å². The average molecular weight is 261 g/mol. The third-order valence-corrected chi connectivity index (χ3v) is 3.05. The SMILES string of the molecule is CN(C)CC1COCCN(c2nccnc2C#N)C1. The molecule has 1 aliphatic heterocycles. The van der Waals surface area contributed by atoms with Gasteiger partial charge < -0.3 is 14.5 Å². The maximum absolute atomic E-state index is 9.11. The lowest BCUT2D eigenvalue weighted by atomic mass is 10.1. The van der Waals surface area contributed by atoms with Gasteiger partial charge in [-0.1, -0.05) is 0 Å². The number of hydrogen-bond donors (Lipinski definition) is 0. The number of hydrogen-bond acceptors (Lipinski definition) is 6. The molecule has 19 heavy (non-hydrogen) atoms. The fraction of sp³-hybridized carbons (Fsp3) is 0.615. The third-order valence-electron chi connectivity index (χ3n) is 3.05. The van der Waals surface area contributed by atoms with Gasteiger partial charge in [-0.3, -0.25) is 0 Å². The molecule has 0 amide bonds. The van der Waals surface area contributed by atoms with Crippen LogP contribution >= 0.6 is 0 Å². The molecule has 102 valence electrons. The highest BCUT2D eigenvalue weighted by Gasteiger charge is 2.22. The van der Waals surface area contributed by atoms with E-state index in [-0.39, 0.29) is 0 Å². The molecule has 1 saturated heterocycles. The van der Waals surface area contributed by atoms with Crippen LogP contribution in [0.1, 0.15) is 5.69 Å². The zero-order chi connectivity index (χ0) is 13.7. The largest absolute Gasteiger partial charge is 0.379 e. The second kappa shape index (κ2) is 6.45. The van der Waals surface area contributed by atoms with Gasteiger partial charge in [0.05, 0.1) is 13.2 Å². The summed E-state index contributed by atoms with van der Waals surface area (Å²) in [5.74, 6) is 1.07. The first-order valence-corrected chi connectivity index (χ1v) is 6.39. The summed E-state index contributed by atoms with van der Waals surface area (Å²) in [5.41, 5.74) is 0.382. The first-order valence-electron chi connectivity index (χ1n) is 6.39. The van der Waals surface area contributed by atoms with Gasteiger partial charge in [-0.25, -0.2) is 9.97 Å². The molecule has 0 spiro atoms. The minimum Gasteiger partial charge on any atom is -0.379 e. The normalized spacial score (nSPS) is 20.1. The number of anilines is 1. The van der Waals surface area contributed by atoms with E-state index in [1.807, 2.05) is 0 Å². The van der Waals surface area contributed by atoms with E-state index in [1.54, 1.807) is 12.4 Å². The van der Waals surface area contributed by atoms with Crippen molar-refractivity contribution in [2.75, 3.05) is 51.8 Å². The highest BCUT2D eigenvalue weighted by Crippen LogP contribution is 2.18. The standard InChI is InChI=1S/C13H19N5O/c1-17(2)8-11-9-18(5-6-19-10-11)13-12(7-14)15-3-4-16-13/h3-4,11H,5-6,8-10H2,1-2H3. The van der Waals surface area contributed by atoms with Crippen molar-refractivity contribution in [2.24, 2.45) is 5.92 Å². The molecule has 1 aliphatic rings. The Morgan fingerprint density at radius 3 is 3.00 bits per heavy atom. The van der Waals surface area contributed by atoms with Crippen molar-refractivity contribution < 1.29 is 4.74 Å². The topological polar surface area (TPSA) is 65.3 Å². The van der Waals surface area contributed by atoms with E-state index in [0.717, 1.165) is 26.2 Å². The van der Waals surface area contributed by atoms with E-state index in [1.165, 1.54) is 0 Å². The van der Waals surface area contributed by atoms with E-state index >= 15 is 0 Å². The lowest BCUT2D eigenvalue weighted by Gasteiger charge is -2.26. The van der Waals surface area contributed by atoms with Crippen molar-refractivity contribution in [3.63, 3.8) is 0 Å². The fourth-order valence-corrected chi connectivity index (χ4v) is 2.34. The molecule has 1 aromatic rings. The Kier molecular flexibility index (Phi) is 4.66. The smallest absolute Gasteiger partial charge is 0.183 e. The Balaban J connectivity index is 2.16. The van der Waals surface area contributed by atoms with Crippen LogP contribution in [0, 0.1) is 17.2 Å². The molecule has 1 atom stereocenters. The molecule has 6 heteroatoms. The molecular formula is C13H19N5O. The summed E-state index contributed by atoms with van der Waals surface area (Å²) in [5, 5.41) is 9.11. The Bertz CT molecular complexity index is 457. The summed E-state index contributed by atoms with van der Waals surface area (Å²) < 4.78 is 5.63. The van der Waals surface area contributed by atoms with Gasteiger partial charge in [0.15, 0.2) is 11.5 Å². The summed E-state index contributed by atoms with van der Waals surface area (Å²) in [6.07, 6.45) is 3.18. The van der Waals surface area contributed by atoms with Crippen molar-refractivity contribution >= 4 is 5.82 Å². The molecule has 0 N–H and O–H groups in total. The van der Waals surface area contributed by atoms with Gasteiger partial charge in [0.25, 0.3) is 0 Å². The number of ether oxygens (including phenoxy) is 1. The van der Waals surface area contributed by atoms with Gasteiger partial charge >= 0.3 is 0 Å². The minimum absolute atomic E-state index is 0.382. The van der Waals surface area contributed by atoms with Crippen LogP contribution in [-0.2, 0) is 4.74 Å². The zero-order valence-electron chi connectivity index (χ0n) is 11.4. The van der Waals surface area contributed by atoms with Crippen molar-refractivity contribution in [1.29, 1.82) is 5.26 Å². The lowest BCUT2D eigenvalue weighted by molar-refractivity contribution is 0.113. The van der Waals surface area contributed by atoms with Crippen LogP contribution in [0.15, 0.2) is 12.4 Å². The molecule has 6 nitrogen and oxygen atoms in total. The number of rotatable bonds is 3. The second-order valence-corrected chi connectivity index (χ2v) is 4.99. The highest BCUT2D eigenvalue weighted by molar-refractivity contribution is 5.49. The highest BCUT2D eigenvalue weighted by atomic mass is 16.5. The second-order valence-electron chi connectivity index (χ2n) is 4.99. The zero-order valence-corrected chi connectivity index (χ0v) is 11.4. The molecule has 1 fully saturated rings. The van der Waals surface area contributed by atoms with Crippen molar-refractivity contribution in [3.05, 3.63) is 18.1 Å². The van der Waals surface area contributed by atoms with E-state index in [2.05, 4.69) is 39.9 Å². The Morgan fingerprint density at radius 1 is 1.47 bits per heavy atom. The molecule has 0 aromatic carbocycles. The van der Waals surface area contributed by atoms with Gasteiger partial charge in [0, 0.05) is 37.9 Å². The fourth-order valence-electron chi connectivity index (χ4n) is 2.34. The summed E-state index contributed by atoms with van der Waals surface area (Å²) in [6.45, 7) is 3.95. The van der Waals surface area contributed by atoms with Crippen LogP contribution in [0.4, 0.5) is 5.82 Å². The number of nitriles is 1. The van der Waals surface area contributed by atoms with E-state index < -0.39 is 0 Å². The van der Waals surface area contributed by atoms with Gasteiger partial charge in [0.1, 0.15) is 6.07 Å². The Labute approximate surface area is 113 Å². The van der Waals surface area contributed by atoms with Crippen molar-refractivity contribution in [1.82, 2.24) is 14.9 Å². The summed E-state index contributed by atoms with van der Waals surface area (Å²) in [7, 11) is 4.11. The quantitative estimate of drug-likeness (QED) is 0.783. The summed E-state index contributed by atoms with van der Waals surface area (Å²) in [6, 6.07) is 2.10. The first kappa shape index (κ1) is 13.7. The number of aromatic nitrogens is 2. The Hall–Kier alpha value is -1.71. The van der Waals surface area contributed by atoms with Crippen molar-refractivity contribution in [2.45, 2.75) is 0 Å². The maximum Gasteiger partial charge on any atom is 0.183 e. The number of nitrogens with zero attached hydrogens (tertiary/aromatic N) is 5. The van der Waals surface area contributed by atoms with Crippen molar-refractivity contribution in [3.8, 4) is 6.07 Å². The molecule has 2 heterocycles. The lowest BCUT2D eigenvalue weighted by Crippen LogP contribution is -2.35. The third kappa shape index (κ3) is 3.63. The van der Waals surface area contributed by atoms with Gasteiger partial charge in [-0.2, -0.15) is 5.26 Å². The van der Waals surface area contributed by atoms with Crippen LogP contribution in [-0.4, -0.2) is 61.8 Å². The molecule has 1 unspecified atom stereocenters. The van der Waals surface area contributed by atoms with Crippen LogP contribution < -0.4 is 4.90 Å². The average Bonchev–Trinajstić information content (AvgIpc) is 2.63. The first-order chi connectivity index (χ1) is 9.20. The summed E-state index contributed by atoms with van der Waals surface area (Å²) in [4.78, 5) is 12.6. The van der Waals surface area contributed by atoms with Crippen LogP contribution in [0.3, 0.4) is 0 Å². The van der Waals surface area contributed by atoms with Crippen LogP contribution in [0.5, 0.6) is 0 Å². The van der Waals surface area contributed by atoms with Crippen LogP contribution in [0.25, 0.3) is 0 Å². The molecule has 2 rings (SSSR count). The van der Waals surface area contributed by atoms with E-state index in [9.17, 15) is 0 Å². The van der Waals surface area contributed by atoms with E-state index in [4.69, 9.17) is 10.00 Å². The molecule has 0 bridgehead atoms. The monoisotopic (exact) mass is 261 g/mol. The van der Waals surface area contributed by atoms with Gasteiger partial charge in [0.2, 0.25) is 0 Å². The Morgan fingerprint density at radius 2 is 2.26 bits per heavy atom. The predicted octanol–water partition coefficient (Wildman–Crippen LogP) is 0.363. The molecule has 1 aromatic heterocycles. The molecule has 0 saturated carbocycles. The molecule has 0 aliphatic carbocycles. The van der Waals surface area contributed by atoms with Gasteiger partial charge in [-0.15, -0.1) is 0 Å².